The summed E-state index contributed by atoms with van der Waals surface area (Å²) in [6.45, 7) is 5.14. The number of fused-ring (bicyclic) bond motifs is 3. The van der Waals surface area contributed by atoms with E-state index in [2.05, 4.69) is 9.80 Å². The molecule has 0 aromatic heterocycles. The molecule has 1 atom stereocenters. The van der Waals surface area contributed by atoms with E-state index < -0.39 is 0 Å². The van der Waals surface area contributed by atoms with E-state index in [1.165, 1.54) is 0 Å². The maximum absolute atomic E-state index is 12.7. The van der Waals surface area contributed by atoms with E-state index in [0.717, 1.165) is 56.9 Å². The van der Waals surface area contributed by atoms with Gasteiger partial charge in [-0.05, 0) is 25.0 Å². The molecule has 1 saturated carbocycles. The highest BCUT2D eigenvalue weighted by Crippen LogP contribution is 2.28. The molecule has 3 heterocycles. The molecule has 4 aliphatic rings. The van der Waals surface area contributed by atoms with Gasteiger partial charge < -0.3 is 4.74 Å². The van der Waals surface area contributed by atoms with Crippen LogP contribution in [0.3, 0.4) is 0 Å². The van der Waals surface area contributed by atoms with Crippen LogP contribution in [0.15, 0.2) is 24.3 Å². The summed E-state index contributed by atoms with van der Waals surface area (Å²) in [5.74, 6) is 1.09. The number of rotatable bonds is 4. The van der Waals surface area contributed by atoms with Crippen LogP contribution < -0.4 is 4.74 Å². The van der Waals surface area contributed by atoms with E-state index in [4.69, 9.17) is 4.74 Å². The lowest BCUT2D eigenvalue weighted by Gasteiger charge is -2.46. The van der Waals surface area contributed by atoms with Crippen LogP contribution in [0.1, 0.15) is 23.2 Å². The van der Waals surface area contributed by atoms with Crippen molar-refractivity contribution in [2.75, 3.05) is 32.7 Å². The normalized spacial score (nSPS) is 32.1. The van der Waals surface area contributed by atoms with E-state index in [-0.39, 0.29) is 11.8 Å². The number of carbonyl (C=O) groups is 1. The fourth-order valence-electron chi connectivity index (χ4n) is 3.16. The molecule has 1 aromatic rings. The predicted octanol–water partition coefficient (Wildman–Crippen LogP) is 1.41. The Bertz CT molecular complexity index is 519. The van der Waals surface area contributed by atoms with Gasteiger partial charge in [0.2, 0.25) is 0 Å². The molecule has 20 heavy (non-hydrogen) atoms. The number of carbonyl (C=O) groups excluding carboxylic acids is 1. The molecule has 0 N–H and O–H groups in total. The maximum atomic E-state index is 12.7. The Morgan fingerprint density at radius 2 is 1.95 bits per heavy atom. The summed E-state index contributed by atoms with van der Waals surface area (Å²) in [5.41, 5.74) is 0.793. The van der Waals surface area contributed by atoms with Crippen molar-refractivity contribution in [2.45, 2.75) is 25.0 Å². The van der Waals surface area contributed by atoms with Crippen molar-refractivity contribution in [3.63, 3.8) is 0 Å². The van der Waals surface area contributed by atoms with Crippen molar-refractivity contribution in [3.8, 4) is 5.75 Å². The van der Waals surface area contributed by atoms with Crippen molar-refractivity contribution in [2.24, 2.45) is 0 Å². The molecule has 5 rings (SSSR count). The van der Waals surface area contributed by atoms with Crippen LogP contribution in [0.2, 0.25) is 0 Å². The minimum Gasteiger partial charge on any atom is -0.490 e. The van der Waals surface area contributed by atoms with Gasteiger partial charge in [-0.1, -0.05) is 12.1 Å². The molecule has 1 aromatic carbocycles. The quantitative estimate of drug-likeness (QED) is 0.776. The SMILES string of the molecule is O=C(c1cccc(OC2CC2)c1)C1CN2CCN1CC2. The number of nitrogens with zero attached hydrogens (tertiary/aromatic N) is 2. The van der Waals surface area contributed by atoms with Crippen molar-refractivity contribution in [1.29, 1.82) is 0 Å². The number of benzene rings is 1. The molecule has 4 heteroatoms. The van der Waals surface area contributed by atoms with Crippen LogP contribution in [0.4, 0.5) is 0 Å². The number of hydrogen-bond acceptors (Lipinski definition) is 4. The zero-order chi connectivity index (χ0) is 13.5. The Balaban J connectivity index is 1.52. The lowest BCUT2D eigenvalue weighted by molar-refractivity contribution is 0.0159. The highest BCUT2D eigenvalue weighted by Gasteiger charge is 2.36. The average molecular weight is 272 g/mol. The molecule has 3 saturated heterocycles. The lowest BCUT2D eigenvalue weighted by atomic mass is 9.98. The largest absolute Gasteiger partial charge is 0.490 e. The van der Waals surface area contributed by atoms with Gasteiger partial charge in [0.05, 0.1) is 12.1 Å². The second-order valence-electron chi connectivity index (χ2n) is 6.06. The predicted molar refractivity (Wildman–Crippen MR) is 76.2 cm³/mol. The van der Waals surface area contributed by atoms with Crippen molar-refractivity contribution in [1.82, 2.24) is 9.80 Å². The van der Waals surface area contributed by atoms with Gasteiger partial charge >= 0.3 is 0 Å². The molecule has 2 bridgehead atoms. The van der Waals surface area contributed by atoms with Gasteiger partial charge in [-0.3, -0.25) is 14.6 Å². The topological polar surface area (TPSA) is 32.8 Å². The van der Waals surface area contributed by atoms with E-state index in [1.807, 2.05) is 24.3 Å². The molecule has 4 fully saturated rings. The van der Waals surface area contributed by atoms with E-state index in [9.17, 15) is 4.79 Å². The summed E-state index contributed by atoms with van der Waals surface area (Å²) in [5, 5.41) is 0. The monoisotopic (exact) mass is 272 g/mol. The first-order valence-electron chi connectivity index (χ1n) is 7.57. The fourth-order valence-corrected chi connectivity index (χ4v) is 3.16. The van der Waals surface area contributed by atoms with Crippen molar-refractivity contribution < 1.29 is 9.53 Å². The fraction of sp³-hybridized carbons (Fsp3) is 0.562. The maximum Gasteiger partial charge on any atom is 0.181 e. The van der Waals surface area contributed by atoms with Crippen molar-refractivity contribution >= 4 is 5.78 Å². The summed E-state index contributed by atoms with van der Waals surface area (Å²) in [4.78, 5) is 17.4. The van der Waals surface area contributed by atoms with Gasteiger partial charge in [-0.15, -0.1) is 0 Å². The number of piperazine rings is 3. The molecule has 1 aliphatic carbocycles. The van der Waals surface area contributed by atoms with Gasteiger partial charge in [-0.2, -0.15) is 0 Å². The van der Waals surface area contributed by atoms with Crippen LogP contribution in [0.25, 0.3) is 0 Å². The Kier molecular flexibility index (Phi) is 3.00. The first kappa shape index (κ1) is 12.4. The third kappa shape index (κ3) is 2.34. The lowest BCUT2D eigenvalue weighted by Crippen LogP contribution is -2.63. The van der Waals surface area contributed by atoms with Crippen LogP contribution in [0, 0.1) is 0 Å². The summed E-state index contributed by atoms with van der Waals surface area (Å²) >= 11 is 0. The van der Waals surface area contributed by atoms with Crippen LogP contribution in [-0.2, 0) is 0 Å². The average Bonchev–Trinajstić information content (AvgIpc) is 3.32. The molecule has 0 amide bonds. The molecule has 106 valence electrons. The molecule has 4 nitrogen and oxygen atoms in total. The molecule has 0 radical (unpaired) electrons. The molecular weight excluding hydrogens is 252 g/mol. The number of ether oxygens (including phenoxy) is 1. The summed E-state index contributed by atoms with van der Waals surface area (Å²) in [6.07, 6.45) is 2.66. The Labute approximate surface area is 119 Å². The van der Waals surface area contributed by atoms with Crippen LogP contribution in [-0.4, -0.2) is 60.5 Å². The summed E-state index contributed by atoms with van der Waals surface area (Å²) < 4.78 is 5.79. The zero-order valence-corrected chi connectivity index (χ0v) is 11.6. The van der Waals surface area contributed by atoms with Crippen molar-refractivity contribution in [3.05, 3.63) is 29.8 Å². The third-order valence-corrected chi connectivity index (χ3v) is 4.53. The van der Waals surface area contributed by atoms with Gasteiger partial charge in [-0.25, -0.2) is 0 Å². The standard InChI is InChI=1S/C16H20N2O2/c19-16(15-11-17-6-8-18(15)9-7-17)12-2-1-3-14(10-12)20-13-4-5-13/h1-3,10,13,15H,4-9,11H2. The first-order valence-corrected chi connectivity index (χ1v) is 7.57. The second kappa shape index (κ2) is 4.86. The molecule has 0 spiro atoms. The Hall–Kier alpha value is -1.39. The number of hydrogen-bond donors (Lipinski definition) is 0. The van der Waals surface area contributed by atoms with E-state index in [0.29, 0.717) is 6.10 Å². The van der Waals surface area contributed by atoms with E-state index >= 15 is 0 Å². The molecular formula is C16H20N2O2. The minimum atomic E-state index is 0.0358. The summed E-state index contributed by atoms with van der Waals surface area (Å²) in [6, 6.07) is 7.75. The Morgan fingerprint density at radius 1 is 1.15 bits per heavy atom. The number of ketones is 1. The third-order valence-electron chi connectivity index (χ3n) is 4.53. The molecule has 3 aliphatic heterocycles. The van der Waals surface area contributed by atoms with Crippen LogP contribution >= 0.6 is 0 Å². The van der Waals surface area contributed by atoms with Gasteiger partial charge in [0.15, 0.2) is 5.78 Å². The van der Waals surface area contributed by atoms with Gasteiger partial charge in [0.25, 0.3) is 0 Å². The van der Waals surface area contributed by atoms with Crippen LogP contribution in [0.5, 0.6) is 5.75 Å². The van der Waals surface area contributed by atoms with E-state index in [1.54, 1.807) is 0 Å². The smallest absolute Gasteiger partial charge is 0.181 e. The zero-order valence-electron chi connectivity index (χ0n) is 11.6. The summed E-state index contributed by atoms with van der Waals surface area (Å²) in [7, 11) is 0. The highest BCUT2D eigenvalue weighted by molar-refractivity contribution is 6.00. The first-order chi connectivity index (χ1) is 9.79. The van der Waals surface area contributed by atoms with Gasteiger partial charge in [0, 0.05) is 38.3 Å². The van der Waals surface area contributed by atoms with Gasteiger partial charge in [0.1, 0.15) is 5.75 Å². The Morgan fingerprint density at radius 3 is 2.60 bits per heavy atom. The second-order valence-corrected chi connectivity index (χ2v) is 6.06. The minimum absolute atomic E-state index is 0.0358. The highest BCUT2D eigenvalue weighted by atomic mass is 16.5. The molecule has 1 unspecified atom stereocenters. The number of Topliss-reactive ketones (excluding diaryl/α,β-unsaturated/α-hetero) is 1.